The molecule has 1 unspecified atom stereocenters. The first-order valence-corrected chi connectivity index (χ1v) is 4.54. The van der Waals surface area contributed by atoms with Crippen molar-refractivity contribution in [2.75, 3.05) is 0 Å². The van der Waals surface area contributed by atoms with Gasteiger partial charge in [-0.05, 0) is 6.92 Å². The van der Waals surface area contributed by atoms with Gasteiger partial charge in [0.2, 0.25) is 0 Å². The number of aliphatic hydroxyl groups excluding tert-OH is 1. The number of halogens is 4. The van der Waals surface area contributed by atoms with Crippen molar-refractivity contribution < 1.29 is 18.3 Å². The molecular formula is C8H10ClF3N2O. The average molecular weight is 243 g/mol. The topological polar surface area (TPSA) is 38.0 Å². The zero-order chi connectivity index (χ0) is 11.8. The lowest BCUT2D eigenvalue weighted by atomic mass is 10.2. The summed E-state index contributed by atoms with van der Waals surface area (Å²) in [6.45, 7) is 1.59. The van der Waals surface area contributed by atoms with Gasteiger partial charge in [-0.3, -0.25) is 4.68 Å². The van der Waals surface area contributed by atoms with Crippen molar-refractivity contribution in [3.05, 3.63) is 16.4 Å². The van der Waals surface area contributed by atoms with E-state index < -0.39 is 18.7 Å². The van der Waals surface area contributed by atoms with Crippen molar-refractivity contribution in [2.24, 2.45) is 7.05 Å². The molecule has 1 N–H and O–H groups in total. The summed E-state index contributed by atoms with van der Waals surface area (Å²) in [6.07, 6.45) is -7.63. The Labute approximate surface area is 89.5 Å². The fraction of sp³-hybridized carbons (Fsp3) is 0.625. The molecule has 0 aliphatic carbocycles. The molecule has 1 rings (SSSR count). The molecular weight excluding hydrogens is 233 g/mol. The Morgan fingerprint density at radius 1 is 1.53 bits per heavy atom. The first kappa shape index (κ1) is 12.3. The molecule has 0 spiro atoms. The Balaban J connectivity index is 2.90. The van der Waals surface area contributed by atoms with Crippen LogP contribution in [0.3, 0.4) is 0 Å². The smallest absolute Gasteiger partial charge is 0.383 e. The quantitative estimate of drug-likeness (QED) is 0.860. The van der Waals surface area contributed by atoms with Gasteiger partial charge in [0.15, 0.2) is 6.10 Å². The number of hydrogen-bond donors (Lipinski definition) is 1. The first-order valence-electron chi connectivity index (χ1n) is 4.16. The van der Waals surface area contributed by atoms with E-state index in [0.717, 1.165) is 0 Å². The van der Waals surface area contributed by atoms with E-state index in [1.165, 1.54) is 11.7 Å². The highest BCUT2D eigenvalue weighted by Gasteiger charge is 2.39. The monoisotopic (exact) mass is 242 g/mol. The van der Waals surface area contributed by atoms with Crippen molar-refractivity contribution >= 4 is 11.6 Å². The van der Waals surface area contributed by atoms with E-state index in [4.69, 9.17) is 16.7 Å². The van der Waals surface area contributed by atoms with Crippen LogP contribution in [0.5, 0.6) is 0 Å². The second kappa shape index (κ2) is 4.02. The van der Waals surface area contributed by atoms with Crippen molar-refractivity contribution in [2.45, 2.75) is 25.6 Å². The Kier molecular flexibility index (Phi) is 3.30. The predicted molar refractivity (Wildman–Crippen MR) is 48.7 cm³/mol. The SMILES string of the molecule is Cc1nn(C)c(CC(O)C(F)(F)F)c1Cl. The van der Waals surface area contributed by atoms with E-state index in [2.05, 4.69) is 5.10 Å². The summed E-state index contributed by atoms with van der Waals surface area (Å²) in [6, 6.07) is 0. The van der Waals surface area contributed by atoms with Crippen LogP contribution < -0.4 is 0 Å². The molecule has 15 heavy (non-hydrogen) atoms. The van der Waals surface area contributed by atoms with Gasteiger partial charge in [0, 0.05) is 13.5 Å². The first-order chi connectivity index (χ1) is 6.73. The fourth-order valence-corrected chi connectivity index (χ4v) is 1.44. The normalized spacial score (nSPS) is 14.3. The van der Waals surface area contributed by atoms with Gasteiger partial charge in [-0.25, -0.2) is 0 Å². The van der Waals surface area contributed by atoms with Crippen molar-refractivity contribution in [3.8, 4) is 0 Å². The van der Waals surface area contributed by atoms with Crippen LogP contribution in [0.2, 0.25) is 5.02 Å². The number of aryl methyl sites for hydroxylation is 2. The third-order valence-electron chi connectivity index (χ3n) is 2.03. The molecule has 0 aliphatic rings. The van der Waals surface area contributed by atoms with Crippen LogP contribution in [0.25, 0.3) is 0 Å². The van der Waals surface area contributed by atoms with Crippen LogP contribution in [-0.4, -0.2) is 27.2 Å². The highest BCUT2D eigenvalue weighted by molar-refractivity contribution is 6.31. The van der Waals surface area contributed by atoms with Crippen molar-refractivity contribution in [1.82, 2.24) is 9.78 Å². The molecule has 0 saturated heterocycles. The van der Waals surface area contributed by atoms with Gasteiger partial charge in [-0.2, -0.15) is 18.3 Å². The molecule has 0 bridgehead atoms. The third kappa shape index (κ3) is 2.63. The van der Waals surface area contributed by atoms with E-state index in [0.29, 0.717) is 5.69 Å². The summed E-state index contributed by atoms with van der Waals surface area (Å²) in [5.74, 6) is 0. The van der Waals surface area contributed by atoms with E-state index >= 15 is 0 Å². The lowest BCUT2D eigenvalue weighted by Crippen LogP contribution is -2.31. The van der Waals surface area contributed by atoms with Gasteiger partial charge in [0.1, 0.15) is 0 Å². The minimum absolute atomic E-state index is 0.167. The van der Waals surface area contributed by atoms with Gasteiger partial charge in [-0.15, -0.1) is 0 Å². The molecule has 0 amide bonds. The Bertz CT molecular complexity index is 362. The number of aliphatic hydroxyl groups is 1. The fourth-order valence-electron chi connectivity index (χ4n) is 1.20. The van der Waals surface area contributed by atoms with Crippen molar-refractivity contribution in [1.29, 1.82) is 0 Å². The maximum Gasteiger partial charge on any atom is 0.414 e. The summed E-state index contributed by atoms with van der Waals surface area (Å²) in [5.41, 5.74) is 0.627. The zero-order valence-corrected chi connectivity index (χ0v) is 8.89. The summed E-state index contributed by atoms with van der Waals surface area (Å²) < 4.78 is 37.5. The molecule has 7 heteroatoms. The van der Waals surface area contributed by atoms with E-state index in [9.17, 15) is 13.2 Å². The molecule has 0 aliphatic heterocycles. The van der Waals surface area contributed by atoms with Crippen LogP contribution in [0, 0.1) is 6.92 Å². The average Bonchev–Trinajstić information content (AvgIpc) is 2.30. The van der Waals surface area contributed by atoms with Gasteiger partial charge in [0.25, 0.3) is 0 Å². The maximum atomic E-state index is 12.1. The van der Waals surface area contributed by atoms with E-state index in [1.54, 1.807) is 6.92 Å². The molecule has 0 aromatic carbocycles. The minimum Gasteiger partial charge on any atom is -0.383 e. The molecule has 0 radical (unpaired) electrons. The second-order valence-corrected chi connectivity index (χ2v) is 3.61. The van der Waals surface area contributed by atoms with Crippen LogP contribution in [0.4, 0.5) is 13.2 Å². The molecule has 0 saturated carbocycles. The number of aromatic nitrogens is 2. The highest BCUT2D eigenvalue weighted by atomic mass is 35.5. The second-order valence-electron chi connectivity index (χ2n) is 3.23. The Morgan fingerprint density at radius 3 is 2.40 bits per heavy atom. The molecule has 0 fully saturated rings. The lowest BCUT2D eigenvalue weighted by molar-refractivity contribution is -0.203. The Hall–Kier alpha value is -0.750. The summed E-state index contributed by atoms with van der Waals surface area (Å²) in [5, 5.41) is 12.9. The van der Waals surface area contributed by atoms with Gasteiger partial charge >= 0.3 is 6.18 Å². The summed E-state index contributed by atoms with van der Waals surface area (Å²) in [7, 11) is 1.48. The molecule has 1 atom stereocenters. The standard InChI is InChI=1S/C8H10ClF3N2O/c1-4-7(9)5(14(2)13-4)3-6(15)8(10,11)12/h6,15H,3H2,1-2H3. The van der Waals surface area contributed by atoms with Crippen LogP contribution >= 0.6 is 11.6 Å². The van der Waals surface area contributed by atoms with Crippen LogP contribution in [0.1, 0.15) is 11.4 Å². The van der Waals surface area contributed by atoms with Gasteiger partial charge < -0.3 is 5.11 Å². The number of rotatable bonds is 2. The number of hydrogen-bond acceptors (Lipinski definition) is 2. The van der Waals surface area contributed by atoms with Gasteiger partial charge in [0.05, 0.1) is 16.4 Å². The molecule has 3 nitrogen and oxygen atoms in total. The van der Waals surface area contributed by atoms with E-state index in [1.807, 2.05) is 0 Å². The minimum atomic E-state index is -4.64. The maximum absolute atomic E-state index is 12.1. The van der Waals surface area contributed by atoms with E-state index in [-0.39, 0.29) is 10.7 Å². The number of alkyl halides is 3. The Morgan fingerprint density at radius 2 is 2.07 bits per heavy atom. The summed E-state index contributed by atoms with van der Waals surface area (Å²) in [4.78, 5) is 0. The highest BCUT2D eigenvalue weighted by Crippen LogP contribution is 2.26. The summed E-state index contributed by atoms with van der Waals surface area (Å²) >= 11 is 5.75. The molecule has 1 aromatic heterocycles. The third-order valence-corrected chi connectivity index (χ3v) is 2.52. The zero-order valence-electron chi connectivity index (χ0n) is 8.14. The molecule has 1 aromatic rings. The predicted octanol–water partition coefficient (Wildman–Crippen LogP) is 1.85. The van der Waals surface area contributed by atoms with Gasteiger partial charge in [-0.1, -0.05) is 11.6 Å². The van der Waals surface area contributed by atoms with Crippen LogP contribution in [-0.2, 0) is 13.5 Å². The largest absolute Gasteiger partial charge is 0.414 e. The van der Waals surface area contributed by atoms with Crippen LogP contribution in [0.15, 0.2) is 0 Å². The molecule has 86 valence electrons. The van der Waals surface area contributed by atoms with Crippen molar-refractivity contribution in [3.63, 3.8) is 0 Å². The lowest BCUT2D eigenvalue weighted by Gasteiger charge is -2.14. The number of nitrogens with zero attached hydrogens (tertiary/aromatic N) is 2. The molecule has 1 heterocycles.